The van der Waals surface area contributed by atoms with Gasteiger partial charge in [-0.25, -0.2) is 9.78 Å². The number of rotatable bonds is 5. The smallest absolute Gasteiger partial charge is 0.337 e. The van der Waals surface area contributed by atoms with Gasteiger partial charge in [-0.3, -0.25) is 14.2 Å². The third kappa shape index (κ3) is 4.24. The molecule has 1 heterocycles. The van der Waals surface area contributed by atoms with E-state index in [1.165, 1.54) is 18.9 Å². The van der Waals surface area contributed by atoms with Crippen molar-refractivity contribution in [2.45, 2.75) is 56.5 Å². The lowest BCUT2D eigenvalue weighted by molar-refractivity contribution is -0.119. The van der Waals surface area contributed by atoms with Crippen LogP contribution in [0.5, 0.6) is 0 Å². The van der Waals surface area contributed by atoms with Gasteiger partial charge in [0.15, 0.2) is 5.16 Å². The van der Waals surface area contributed by atoms with Crippen molar-refractivity contribution in [3.8, 4) is 0 Å². The molecule has 0 amide bonds. The Morgan fingerprint density at radius 3 is 2.78 bits per heavy atom. The molecule has 0 spiro atoms. The summed E-state index contributed by atoms with van der Waals surface area (Å²) in [7, 11) is 1.32. The first kappa shape index (κ1) is 19.6. The number of ketones is 1. The second kappa shape index (κ2) is 8.25. The van der Waals surface area contributed by atoms with Crippen LogP contribution >= 0.6 is 11.8 Å². The quantitative estimate of drug-likeness (QED) is 0.577. The number of carbonyl (C=O) groups excluding carboxylic acids is 2. The monoisotopic (exact) mass is 388 g/mol. The van der Waals surface area contributed by atoms with Gasteiger partial charge in [0.2, 0.25) is 0 Å². The van der Waals surface area contributed by atoms with Crippen LogP contribution in [0.4, 0.5) is 0 Å². The zero-order valence-corrected chi connectivity index (χ0v) is 16.7. The van der Waals surface area contributed by atoms with Crippen LogP contribution in [0, 0.1) is 5.92 Å². The van der Waals surface area contributed by atoms with Crippen LogP contribution in [0.15, 0.2) is 28.2 Å². The van der Waals surface area contributed by atoms with Crippen molar-refractivity contribution >= 4 is 34.4 Å². The molecule has 1 fully saturated rings. The largest absolute Gasteiger partial charge is 0.465 e. The van der Waals surface area contributed by atoms with Crippen molar-refractivity contribution in [2.75, 3.05) is 7.11 Å². The van der Waals surface area contributed by atoms with E-state index in [1.54, 1.807) is 22.8 Å². The molecule has 6 nitrogen and oxygen atoms in total. The maximum Gasteiger partial charge on any atom is 0.337 e. The summed E-state index contributed by atoms with van der Waals surface area (Å²) in [6.07, 6.45) is 3.34. The van der Waals surface area contributed by atoms with Gasteiger partial charge in [-0.1, -0.05) is 32.0 Å². The lowest BCUT2D eigenvalue weighted by Crippen LogP contribution is -2.28. The minimum absolute atomic E-state index is 0.143. The molecule has 0 saturated heterocycles. The van der Waals surface area contributed by atoms with Gasteiger partial charge in [0, 0.05) is 13.0 Å². The van der Waals surface area contributed by atoms with E-state index in [9.17, 15) is 14.4 Å². The van der Waals surface area contributed by atoms with Crippen molar-refractivity contribution < 1.29 is 14.3 Å². The van der Waals surface area contributed by atoms with Crippen molar-refractivity contribution in [1.82, 2.24) is 9.55 Å². The number of aromatic nitrogens is 2. The summed E-state index contributed by atoms with van der Waals surface area (Å²) in [5, 5.41) is 0.844. The number of nitrogens with zero attached hydrogens (tertiary/aromatic N) is 2. The highest BCUT2D eigenvalue weighted by Crippen LogP contribution is 2.31. The van der Waals surface area contributed by atoms with Crippen LogP contribution in [0.1, 0.15) is 49.9 Å². The van der Waals surface area contributed by atoms with Crippen LogP contribution in [-0.4, -0.2) is 33.7 Å². The van der Waals surface area contributed by atoms with Crippen LogP contribution in [-0.2, 0) is 16.1 Å². The predicted octanol–water partition coefficient (Wildman–Crippen LogP) is 3.44. The van der Waals surface area contributed by atoms with Gasteiger partial charge in [0.1, 0.15) is 5.78 Å². The van der Waals surface area contributed by atoms with Crippen molar-refractivity contribution in [1.29, 1.82) is 0 Å². The van der Waals surface area contributed by atoms with Gasteiger partial charge in [0.05, 0.1) is 28.8 Å². The summed E-state index contributed by atoms with van der Waals surface area (Å²) >= 11 is 1.38. The Morgan fingerprint density at radius 1 is 1.33 bits per heavy atom. The van der Waals surface area contributed by atoms with Crippen molar-refractivity contribution in [3.05, 3.63) is 34.1 Å². The van der Waals surface area contributed by atoms with E-state index in [2.05, 4.69) is 4.98 Å². The molecule has 0 radical (unpaired) electrons. The number of hydrogen-bond acceptors (Lipinski definition) is 6. The number of esters is 1. The highest BCUT2D eigenvalue weighted by atomic mass is 32.2. The number of carbonyl (C=O) groups is 2. The van der Waals surface area contributed by atoms with Gasteiger partial charge >= 0.3 is 5.97 Å². The molecule has 0 bridgehead atoms. The maximum atomic E-state index is 13.1. The summed E-state index contributed by atoms with van der Waals surface area (Å²) in [5.41, 5.74) is 0.660. The fourth-order valence-corrected chi connectivity index (χ4v) is 4.49. The van der Waals surface area contributed by atoms with Crippen LogP contribution in [0.25, 0.3) is 10.9 Å². The molecular weight excluding hydrogens is 364 g/mol. The molecule has 0 N–H and O–H groups in total. The van der Waals surface area contributed by atoms with E-state index in [0.29, 0.717) is 34.6 Å². The summed E-state index contributed by atoms with van der Waals surface area (Å²) in [4.78, 5) is 41.8. The number of Topliss-reactive ketones (excluding diaryl/α,β-unsaturated/α-hetero) is 1. The minimum Gasteiger partial charge on any atom is -0.465 e. The molecule has 3 rings (SSSR count). The van der Waals surface area contributed by atoms with Gasteiger partial charge in [-0.2, -0.15) is 0 Å². The maximum absolute atomic E-state index is 13.1. The molecule has 1 atom stereocenters. The summed E-state index contributed by atoms with van der Waals surface area (Å²) < 4.78 is 6.42. The van der Waals surface area contributed by atoms with E-state index in [4.69, 9.17) is 4.74 Å². The van der Waals surface area contributed by atoms with Crippen molar-refractivity contribution in [3.63, 3.8) is 0 Å². The second-order valence-corrected chi connectivity index (χ2v) is 8.42. The molecule has 1 aliphatic rings. The first-order valence-corrected chi connectivity index (χ1v) is 10.1. The van der Waals surface area contributed by atoms with Gasteiger partial charge < -0.3 is 4.74 Å². The Bertz CT molecular complexity index is 935. The van der Waals surface area contributed by atoms with E-state index in [1.807, 2.05) is 13.8 Å². The molecule has 2 aromatic rings. The zero-order valence-electron chi connectivity index (χ0n) is 15.9. The lowest BCUT2D eigenvalue weighted by atomic mass is 9.99. The minimum atomic E-state index is -0.471. The molecular formula is C20H24N2O4S. The summed E-state index contributed by atoms with van der Waals surface area (Å²) in [6.45, 7) is 4.61. The Labute approximate surface area is 162 Å². The fraction of sp³-hybridized carbons (Fsp3) is 0.500. The topological polar surface area (TPSA) is 78.3 Å². The van der Waals surface area contributed by atoms with E-state index >= 15 is 0 Å². The first-order valence-electron chi connectivity index (χ1n) is 9.23. The van der Waals surface area contributed by atoms with Gasteiger partial charge in [-0.05, 0) is 37.0 Å². The third-order valence-corrected chi connectivity index (χ3v) is 5.94. The summed E-state index contributed by atoms with van der Waals surface area (Å²) in [5.74, 6) is 0.0134. The molecule has 1 aromatic carbocycles. The van der Waals surface area contributed by atoms with Crippen LogP contribution in [0.3, 0.4) is 0 Å². The molecule has 1 aromatic heterocycles. The number of methoxy groups -OCH3 is 1. The fourth-order valence-electron chi connectivity index (χ4n) is 3.26. The van der Waals surface area contributed by atoms with Crippen LogP contribution < -0.4 is 5.56 Å². The lowest BCUT2D eigenvalue weighted by Gasteiger charge is -2.22. The molecule has 1 saturated carbocycles. The molecule has 27 heavy (non-hydrogen) atoms. The standard InChI is InChI=1S/C20H24N2O4S/c1-12(2)11-22-18(24)14-9-8-13(19(25)26-3)10-15(14)21-20(22)27-17-7-5-4-6-16(17)23/h8-10,12,17H,4-7,11H2,1-3H3/t17-/m1/s1. The Morgan fingerprint density at radius 2 is 2.11 bits per heavy atom. The third-order valence-electron chi connectivity index (χ3n) is 4.64. The number of fused-ring (bicyclic) bond motifs is 1. The highest BCUT2D eigenvalue weighted by molar-refractivity contribution is 8.00. The zero-order chi connectivity index (χ0) is 19.6. The normalized spacial score (nSPS) is 17.5. The van der Waals surface area contributed by atoms with Gasteiger partial charge in [-0.15, -0.1) is 0 Å². The summed E-state index contributed by atoms with van der Waals surface area (Å²) in [6, 6.07) is 4.78. The Balaban J connectivity index is 2.10. The van der Waals surface area contributed by atoms with Gasteiger partial charge in [0.25, 0.3) is 5.56 Å². The van der Waals surface area contributed by atoms with Crippen LogP contribution in [0.2, 0.25) is 0 Å². The Hall–Kier alpha value is -2.15. The second-order valence-electron chi connectivity index (χ2n) is 7.25. The van der Waals surface area contributed by atoms with E-state index < -0.39 is 5.97 Å². The molecule has 1 aliphatic carbocycles. The number of ether oxygens (including phenoxy) is 1. The molecule has 0 aliphatic heterocycles. The SMILES string of the molecule is COC(=O)c1ccc2c(=O)n(CC(C)C)c(S[C@@H]3CCCCC3=O)nc2c1. The molecule has 0 unspecified atom stereocenters. The average molecular weight is 388 g/mol. The Kier molecular flexibility index (Phi) is 5.99. The number of hydrogen-bond donors (Lipinski definition) is 0. The highest BCUT2D eigenvalue weighted by Gasteiger charge is 2.26. The molecule has 144 valence electrons. The number of benzene rings is 1. The predicted molar refractivity (Wildman–Crippen MR) is 105 cm³/mol. The number of thioether (sulfide) groups is 1. The van der Waals surface area contributed by atoms with E-state index in [0.717, 1.165) is 19.3 Å². The first-order chi connectivity index (χ1) is 12.9. The van der Waals surface area contributed by atoms with Crippen molar-refractivity contribution in [2.24, 2.45) is 5.92 Å². The van der Waals surface area contributed by atoms with E-state index in [-0.39, 0.29) is 22.5 Å². The average Bonchev–Trinajstić information content (AvgIpc) is 2.65. The molecule has 7 heteroatoms.